The summed E-state index contributed by atoms with van der Waals surface area (Å²) in [6, 6.07) is 4.90. The minimum atomic E-state index is -5.27. The molecular formula is C13H18F3NO2S. The number of hydrogen-bond donors (Lipinski definition) is 1. The Bertz CT molecular complexity index is 524. The molecule has 7 heteroatoms. The maximum Gasteiger partial charge on any atom is 0.501 e. The Hall–Kier alpha value is -1.24. The summed E-state index contributed by atoms with van der Waals surface area (Å²) in [5.74, 6) is 0. The topological polar surface area (TPSA) is 46.2 Å². The van der Waals surface area contributed by atoms with Gasteiger partial charge in [-0.3, -0.25) is 0 Å². The van der Waals surface area contributed by atoms with Gasteiger partial charge in [0.2, 0.25) is 0 Å². The van der Waals surface area contributed by atoms with Crippen LogP contribution in [-0.4, -0.2) is 20.0 Å². The Balaban J connectivity index is 2.90. The lowest BCUT2D eigenvalue weighted by atomic mass is 10.1. The van der Waals surface area contributed by atoms with Gasteiger partial charge in [-0.1, -0.05) is 20.3 Å². The highest BCUT2D eigenvalue weighted by atomic mass is 32.2. The van der Waals surface area contributed by atoms with Gasteiger partial charge in [0.25, 0.3) is 9.84 Å². The molecule has 0 bridgehead atoms. The number of nitrogens with one attached hydrogen (secondary N) is 1. The van der Waals surface area contributed by atoms with E-state index < -0.39 is 20.2 Å². The molecule has 20 heavy (non-hydrogen) atoms. The SMILES string of the molecule is CCCC(CC)Nc1ccc(S(=O)(=O)C(F)(F)F)cc1. The first-order chi connectivity index (χ1) is 9.22. The third-order valence-electron chi connectivity index (χ3n) is 2.97. The van der Waals surface area contributed by atoms with Crippen LogP contribution in [0.1, 0.15) is 33.1 Å². The minimum absolute atomic E-state index is 0.227. The lowest BCUT2D eigenvalue weighted by Gasteiger charge is -2.17. The average molecular weight is 309 g/mol. The maximum atomic E-state index is 12.4. The van der Waals surface area contributed by atoms with Crippen LogP contribution >= 0.6 is 0 Å². The van der Waals surface area contributed by atoms with Crippen LogP contribution in [0.2, 0.25) is 0 Å². The molecule has 0 aliphatic carbocycles. The molecule has 0 saturated carbocycles. The Kier molecular flexibility index (Phi) is 5.44. The lowest BCUT2D eigenvalue weighted by Crippen LogP contribution is -2.23. The third kappa shape index (κ3) is 3.88. The molecule has 1 unspecified atom stereocenters. The number of alkyl halides is 3. The molecule has 0 heterocycles. The molecule has 1 aromatic rings. The molecule has 0 amide bonds. The second kappa shape index (κ2) is 6.47. The van der Waals surface area contributed by atoms with Gasteiger partial charge < -0.3 is 5.32 Å². The fourth-order valence-electron chi connectivity index (χ4n) is 1.83. The standard InChI is InChI=1S/C13H18F3NO2S/c1-3-5-10(4-2)17-11-6-8-12(9-7-11)20(18,19)13(14,15)16/h6-10,17H,3-5H2,1-2H3. The molecule has 0 spiro atoms. The van der Waals surface area contributed by atoms with Gasteiger partial charge in [0, 0.05) is 11.7 Å². The van der Waals surface area contributed by atoms with Gasteiger partial charge in [0.1, 0.15) is 0 Å². The van der Waals surface area contributed by atoms with Gasteiger partial charge in [-0.05, 0) is 37.1 Å². The van der Waals surface area contributed by atoms with Crippen LogP contribution in [0.15, 0.2) is 29.2 Å². The first-order valence-corrected chi connectivity index (χ1v) is 7.88. The van der Waals surface area contributed by atoms with Crippen molar-refractivity contribution < 1.29 is 21.6 Å². The Morgan fingerprint density at radius 3 is 2.10 bits per heavy atom. The van der Waals surface area contributed by atoms with Crippen LogP contribution in [0.25, 0.3) is 0 Å². The maximum absolute atomic E-state index is 12.4. The van der Waals surface area contributed by atoms with Crippen molar-refractivity contribution in [3.8, 4) is 0 Å². The van der Waals surface area contributed by atoms with E-state index in [4.69, 9.17) is 0 Å². The molecule has 0 aliphatic rings. The van der Waals surface area contributed by atoms with Crippen molar-refractivity contribution in [2.24, 2.45) is 0 Å². The normalized spacial score (nSPS) is 14.1. The Morgan fingerprint density at radius 1 is 1.15 bits per heavy atom. The molecule has 1 N–H and O–H groups in total. The van der Waals surface area contributed by atoms with E-state index in [-0.39, 0.29) is 6.04 Å². The van der Waals surface area contributed by atoms with Gasteiger partial charge in [0.05, 0.1) is 4.90 Å². The molecule has 1 aromatic carbocycles. The van der Waals surface area contributed by atoms with Gasteiger partial charge in [0.15, 0.2) is 0 Å². The van der Waals surface area contributed by atoms with E-state index in [1.807, 2.05) is 13.8 Å². The van der Waals surface area contributed by atoms with E-state index in [0.717, 1.165) is 31.4 Å². The first-order valence-electron chi connectivity index (χ1n) is 6.40. The van der Waals surface area contributed by atoms with E-state index in [9.17, 15) is 21.6 Å². The van der Waals surface area contributed by atoms with Crippen molar-refractivity contribution in [1.29, 1.82) is 0 Å². The zero-order valence-electron chi connectivity index (χ0n) is 11.4. The van der Waals surface area contributed by atoms with Crippen molar-refractivity contribution in [1.82, 2.24) is 0 Å². The highest BCUT2D eigenvalue weighted by Crippen LogP contribution is 2.30. The number of rotatable bonds is 6. The predicted octanol–water partition coefficient (Wildman–Crippen LogP) is 3.97. The first kappa shape index (κ1) is 16.8. The van der Waals surface area contributed by atoms with Crippen molar-refractivity contribution in [2.75, 3.05) is 5.32 Å². The minimum Gasteiger partial charge on any atom is -0.382 e. The molecule has 114 valence electrons. The van der Waals surface area contributed by atoms with E-state index in [0.29, 0.717) is 5.69 Å². The van der Waals surface area contributed by atoms with Gasteiger partial charge in [-0.2, -0.15) is 13.2 Å². The lowest BCUT2D eigenvalue weighted by molar-refractivity contribution is -0.0436. The van der Waals surface area contributed by atoms with Crippen molar-refractivity contribution in [2.45, 2.75) is 49.6 Å². The highest BCUT2D eigenvalue weighted by Gasteiger charge is 2.46. The zero-order chi connectivity index (χ0) is 15.4. The number of anilines is 1. The third-order valence-corrected chi connectivity index (χ3v) is 4.47. The van der Waals surface area contributed by atoms with E-state index in [2.05, 4.69) is 5.32 Å². The van der Waals surface area contributed by atoms with Crippen molar-refractivity contribution in [3.05, 3.63) is 24.3 Å². The molecule has 1 atom stereocenters. The summed E-state index contributed by atoms with van der Waals surface area (Å²) in [5, 5.41) is 3.17. The number of benzene rings is 1. The van der Waals surface area contributed by atoms with E-state index in [1.165, 1.54) is 12.1 Å². The van der Waals surface area contributed by atoms with E-state index in [1.54, 1.807) is 0 Å². The molecule has 0 saturated heterocycles. The van der Waals surface area contributed by atoms with Gasteiger partial charge in [-0.25, -0.2) is 8.42 Å². The zero-order valence-corrected chi connectivity index (χ0v) is 12.2. The largest absolute Gasteiger partial charge is 0.501 e. The predicted molar refractivity (Wildman–Crippen MR) is 72.3 cm³/mol. The second-order valence-electron chi connectivity index (χ2n) is 4.51. The molecule has 1 rings (SSSR count). The smallest absolute Gasteiger partial charge is 0.382 e. The summed E-state index contributed by atoms with van der Waals surface area (Å²) < 4.78 is 59.5. The molecule has 0 radical (unpaired) electrons. The molecule has 0 fully saturated rings. The fourth-order valence-corrected chi connectivity index (χ4v) is 2.59. The summed E-state index contributed by atoms with van der Waals surface area (Å²) >= 11 is 0. The Morgan fingerprint density at radius 2 is 1.70 bits per heavy atom. The van der Waals surface area contributed by atoms with Crippen LogP contribution in [0.3, 0.4) is 0 Å². The highest BCUT2D eigenvalue weighted by molar-refractivity contribution is 7.92. The molecule has 3 nitrogen and oxygen atoms in total. The van der Waals surface area contributed by atoms with Crippen molar-refractivity contribution in [3.63, 3.8) is 0 Å². The summed E-state index contributed by atoms with van der Waals surface area (Å²) in [4.78, 5) is -0.737. The number of hydrogen-bond acceptors (Lipinski definition) is 3. The average Bonchev–Trinajstić information content (AvgIpc) is 2.37. The Labute approximate surface area is 117 Å². The summed E-state index contributed by atoms with van der Waals surface area (Å²) in [5.41, 5.74) is -4.65. The summed E-state index contributed by atoms with van der Waals surface area (Å²) in [6.45, 7) is 4.05. The quantitative estimate of drug-likeness (QED) is 0.865. The number of sulfone groups is 1. The van der Waals surface area contributed by atoms with Crippen LogP contribution in [0, 0.1) is 0 Å². The fraction of sp³-hybridized carbons (Fsp3) is 0.538. The number of halogens is 3. The van der Waals surface area contributed by atoms with Crippen LogP contribution in [-0.2, 0) is 9.84 Å². The second-order valence-corrected chi connectivity index (χ2v) is 6.45. The summed E-state index contributed by atoms with van der Waals surface area (Å²) in [7, 11) is -5.27. The summed E-state index contributed by atoms with van der Waals surface area (Å²) in [6.07, 6.45) is 2.82. The monoisotopic (exact) mass is 309 g/mol. The van der Waals surface area contributed by atoms with Gasteiger partial charge >= 0.3 is 5.51 Å². The van der Waals surface area contributed by atoms with Gasteiger partial charge in [-0.15, -0.1) is 0 Å². The molecule has 0 aliphatic heterocycles. The molecular weight excluding hydrogens is 291 g/mol. The van der Waals surface area contributed by atoms with Crippen molar-refractivity contribution >= 4 is 15.5 Å². The van der Waals surface area contributed by atoms with Crippen LogP contribution in [0.4, 0.5) is 18.9 Å². The van der Waals surface area contributed by atoms with Crippen LogP contribution in [0.5, 0.6) is 0 Å². The van der Waals surface area contributed by atoms with E-state index >= 15 is 0 Å². The molecule has 0 aromatic heterocycles. The van der Waals surface area contributed by atoms with Crippen LogP contribution < -0.4 is 5.32 Å².